The van der Waals surface area contributed by atoms with Crippen molar-refractivity contribution in [3.63, 3.8) is 0 Å². The van der Waals surface area contributed by atoms with Crippen molar-refractivity contribution in [3.05, 3.63) is 85.0 Å². The largest absolute Gasteiger partial charge is 0.381 e. The summed E-state index contributed by atoms with van der Waals surface area (Å²) in [5.74, 6) is 0. The van der Waals surface area contributed by atoms with Gasteiger partial charge in [0.25, 0.3) is 0 Å². The fraction of sp³-hybridized carbons (Fsp3) is 0.200. The third-order valence-electron chi connectivity index (χ3n) is 4.60. The number of rotatable bonds is 4. The number of benzene rings is 2. The molecule has 0 aliphatic heterocycles. The molecule has 2 N–H and O–H groups in total. The van der Waals surface area contributed by atoms with Crippen LogP contribution in [0.3, 0.4) is 0 Å². The first kappa shape index (κ1) is 14.8. The quantitative estimate of drug-likeness (QED) is 0.839. The van der Waals surface area contributed by atoms with Gasteiger partial charge < -0.3 is 10.2 Å². The Balaban J connectivity index is 2.40. The van der Waals surface area contributed by atoms with E-state index in [9.17, 15) is 10.2 Å². The SMILES string of the molecule is C=CCC1(O)c2ccccc2-c2ccccc2C1(O)CC=C. The minimum Gasteiger partial charge on any atom is -0.381 e. The first-order chi connectivity index (χ1) is 10.6. The lowest BCUT2D eigenvalue weighted by Crippen LogP contribution is -2.51. The normalized spacial score (nSPS) is 25.9. The van der Waals surface area contributed by atoms with E-state index in [-0.39, 0.29) is 12.8 Å². The van der Waals surface area contributed by atoms with E-state index in [4.69, 9.17) is 0 Å². The van der Waals surface area contributed by atoms with Crippen LogP contribution in [0.25, 0.3) is 11.1 Å². The van der Waals surface area contributed by atoms with Crippen LogP contribution in [0.2, 0.25) is 0 Å². The van der Waals surface area contributed by atoms with Gasteiger partial charge in [0.15, 0.2) is 0 Å². The van der Waals surface area contributed by atoms with E-state index < -0.39 is 11.2 Å². The molecule has 0 saturated heterocycles. The van der Waals surface area contributed by atoms with Gasteiger partial charge in [-0.2, -0.15) is 0 Å². The van der Waals surface area contributed by atoms with Crippen molar-refractivity contribution < 1.29 is 10.2 Å². The fourth-order valence-electron chi connectivity index (χ4n) is 3.58. The van der Waals surface area contributed by atoms with Gasteiger partial charge in [-0.3, -0.25) is 0 Å². The van der Waals surface area contributed by atoms with Gasteiger partial charge in [0.1, 0.15) is 11.2 Å². The standard InChI is InChI=1S/C20H20O2/c1-3-13-19(21)17-11-7-5-9-15(17)16-10-6-8-12-18(16)20(19,22)14-4-2/h3-12,21-22H,1-2,13-14H2. The van der Waals surface area contributed by atoms with E-state index >= 15 is 0 Å². The van der Waals surface area contributed by atoms with E-state index in [1.54, 1.807) is 12.2 Å². The van der Waals surface area contributed by atoms with Crippen LogP contribution >= 0.6 is 0 Å². The Labute approximate surface area is 131 Å². The number of fused-ring (bicyclic) bond motifs is 3. The summed E-state index contributed by atoms with van der Waals surface area (Å²) in [6, 6.07) is 15.4. The van der Waals surface area contributed by atoms with E-state index in [2.05, 4.69) is 13.2 Å². The van der Waals surface area contributed by atoms with Gasteiger partial charge in [0.2, 0.25) is 0 Å². The van der Waals surface area contributed by atoms with Crippen LogP contribution in [0.15, 0.2) is 73.8 Å². The van der Waals surface area contributed by atoms with Gasteiger partial charge in [-0.25, -0.2) is 0 Å². The van der Waals surface area contributed by atoms with Gasteiger partial charge in [-0.15, -0.1) is 13.2 Å². The molecule has 2 heteroatoms. The van der Waals surface area contributed by atoms with Crippen LogP contribution in [0.5, 0.6) is 0 Å². The van der Waals surface area contributed by atoms with Crippen LogP contribution < -0.4 is 0 Å². The second kappa shape index (κ2) is 5.24. The Morgan fingerprint density at radius 1 is 0.727 bits per heavy atom. The molecule has 0 heterocycles. The summed E-state index contributed by atoms with van der Waals surface area (Å²) < 4.78 is 0. The van der Waals surface area contributed by atoms with Crippen LogP contribution in [0.4, 0.5) is 0 Å². The number of aliphatic hydroxyl groups is 2. The molecule has 1 aliphatic rings. The van der Waals surface area contributed by atoms with Crippen molar-refractivity contribution >= 4 is 0 Å². The van der Waals surface area contributed by atoms with Crippen molar-refractivity contribution in [3.8, 4) is 11.1 Å². The molecule has 112 valence electrons. The minimum atomic E-state index is -1.42. The number of hydrogen-bond acceptors (Lipinski definition) is 2. The summed E-state index contributed by atoms with van der Waals surface area (Å²) in [5.41, 5.74) is 0.533. The molecule has 2 nitrogen and oxygen atoms in total. The smallest absolute Gasteiger partial charge is 0.127 e. The molecule has 2 aromatic carbocycles. The third-order valence-corrected chi connectivity index (χ3v) is 4.60. The molecule has 0 radical (unpaired) electrons. The maximum atomic E-state index is 11.5. The molecule has 0 bridgehead atoms. The van der Waals surface area contributed by atoms with Crippen molar-refractivity contribution in [2.75, 3.05) is 0 Å². The zero-order valence-electron chi connectivity index (χ0n) is 12.5. The molecule has 1 aliphatic carbocycles. The maximum Gasteiger partial charge on any atom is 0.127 e. The Bertz CT molecular complexity index is 670. The summed E-state index contributed by atoms with van der Waals surface area (Å²) in [6.07, 6.45) is 3.84. The summed E-state index contributed by atoms with van der Waals surface area (Å²) in [4.78, 5) is 0. The molecule has 3 rings (SSSR count). The average molecular weight is 292 g/mol. The second-order valence-corrected chi connectivity index (χ2v) is 5.80. The molecule has 0 amide bonds. The first-order valence-corrected chi connectivity index (χ1v) is 7.44. The molecule has 2 unspecified atom stereocenters. The van der Waals surface area contributed by atoms with Crippen molar-refractivity contribution in [2.45, 2.75) is 24.0 Å². The molecule has 0 saturated carbocycles. The van der Waals surface area contributed by atoms with E-state index in [1.165, 1.54) is 0 Å². The van der Waals surface area contributed by atoms with Crippen LogP contribution in [-0.2, 0) is 11.2 Å². The van der Waals surface area contributed by atoms with Gasteiger partial charge in [0, 0.05) is 12.8 Å². The van der Waals surface area contributed by atoms with Crippen LogP contribution in [0.1, 0.15) is 24.0 Å². The second-order valence-electron chi connectivity index (χ2n) is 5.80. The maximum absolute atomic E-state index is 11.5. The lowest BCUT2D eigenvalue weighted by molar-refractivity contribution is -0.163. The highest BCUT2D eigenvalue weighted by Gasteiger charge is 2.54. The third kappa shape index (κ3) is 1.81. The fourth-order valence-corrected chi connectivity index (χ4v) is 3.58. The van der Waals surface area contributed by atoms with Crippen molar-refractivity contribution in [1.82, 2.24) is 0 Å². The molecule has 0 spiro atoms. The van der Waals surface area contributed by atoms with Gasteiger partial charge >= 0.3 is 0 Å². The average Bonchev–Trinajstić information content (AvgIpc) is 2.54. The lowest BCUT2D eigenvalue weighted by atomic mass is 9.63. The summed E-state index contributed by atoms with van der Waals surface area (Å²) in [5, 5.41) is 22.9. The minimum absolute atomic E-state index is 0.267. The molecule has 0 aromatic heterocycles. The van der Waals surface area contributed by atoms with Crippen LogP contribution in [-0.4, -0.2) is 10.2 Å². The monoisotopic (exact) mass is 292 g/mol. The summed E-state index contributed by atoms with van der Waals surface area (Å²) >= 11 is 0. The first-order valence-electron chi connectivity index (χ1n) is 7.44. The van der Waals surface area contributed by atoms with E-state index in [0.717, 1.165) is 22.3 Å². The van der Waals surface area contributed by atoms with Gasteiger partial charge in [0.05, 0.1) is 0 Å². The highest BCUT2D eigenvalue weighted by Crippen LogP contribution is 2.54. The zero-order valence-corrected chi connectivity index (χ0v) is 12.5. The Morgan fingerprint density at radius 3 is 1.45 bits per heavy atom. The predicted molar refractivity (Wildman–Crippen MR) is 89.3 cm³/mol. The van der Waals surface area contributed by atoms with Crippen molar-refractivity contribution in [2.24, 2.45) is 0 Å². The molecule has 0 fully saturated rings. The number of hydrogen-bond donors (Lipinski definition) is 2. The molecular formula is C20H20O2. The lowest BCUT2D eigenvalue weighted by Gasteiger charge is -2.48. The Kier molecular flexibility index (Phi) is 3.51. The summed E-state index contributed by atoms with van der Waals surface area (Å²) in [7, 11) is 0. The predicted octanol–water partition coefficient (Wildman–Crippen LogP) is 3.89. The van der Waals surface area contributed by atoms with E-state index in [1.807, 2.05) is 48.5 Å². The Hall–Kier alpha value is -2.16. The molecule has 22 heavy (non-hydrogen) atoms. The van der Waals surface area contributed by atoms with Gasteiger partial charge in [-0.05, 0) is 22.3 Å². The highest BCUT2D eigenvalue weighted by molar-refractivity contribution is 5.76. The topological polar surface area (TPSA) is 40.5 Å². The van der Waals surface area contributed by atoms with E-state index in [0.29, 0.717) is 0 Å². The summed E-state index contributed by atoms with van der Waals surface area (Å²) in [6.45, 7) is 7.52. The molecule has 2 aromatic rings. The Morgan fingerprint density at radius 2 is 1.09 bits per heavy atom. The van der Waals surface area contributed by atoms with Crippen LogP contribution in [0, 0.1) is 0 Å². The van der Waals surface area contributed by atoms with Crippen molar-refractivity contribution in [1.29, 1.82) is 0 Å². The van der Waals surface area contributed by atoms with Gasteiger partial charge in [-0.1, -0.05) is 60.7 Å². The molecule has 2 atom stereocenters. The zero-order chi connectivity index (χ0) is 15.8. The highest BCUT2D eigenvalue weighted by atomic mass is 16.4. The molecular weight excluding hydrogens is 272 g/mol.